The monoisotopic (exact) mass is 265 g/mol. The van der Waals surface area contributed by atoms with Gasteiger partial charge in [0.25, 0.3) is 0 Å². The van der Waals surface area contributed by atoms with Gasteiger partial charge in [0, 0.05) is 24.8 Å². The summed E-state index contributed by atoms with van der Waals surface area (Å²) in [5.74, 6) is -1.21. The lowest BCUT2D eigenvalue weighted by Gasteiger charge is -2.37. The number of carbonyl (C=O) groups excluding carboxylic acids is 1. The Morgan fingerprint density at radius 2 is 2.05 bits per heavy atom. The van der Waals surface area contributed by atoms with Gasteiger partial charge in [-0.1, -0.05) is 12.1 Å². The predicted octanol–water partition coefficient (Wildman–Crippen LogP) is 1.84. The Morgan fingerprint density at radius 1 is 1.37 bits per heavy atom. The molecule has 0 aliphatic carbocycles. The number of hydrogen-bond donors (Lipinski definition) is 2. The molecule has 1 atom stereocenters. The molecule has 19 heavy (non-hydrogen) atoms. The van der Waals surface area contributed by atoms with Crippen LogP contribution in [0.5, 0.6) is 0 Å². The van der Waals surface area contributed by atoms with Crippen LogP contribution in [0, 0.1) is 5.82 Å². The molecule has 1 unspecified atom stereocenters. The minimum absolute atomic E-state index is 0.0203. The number of rotatable bonds is 4. The van der Waals surface area contributed by atoms with Crippen molar-refractivity contribution >= 4 is 11.9 Å². The van der Waals surface area contributed by atoms with Gasteiger partial charge >= 0.3 is 5.97 Å². The van der Waals surface area contributed by atoms with Crippen LogP contribution in [0.1, 0.15) is 31.2 Å². The number of halogens is 1. The molecule has 0 saturated carbocycles. The largest absolute Gasteiger partial charge is 0.481 e. The van der Waals surface area contributed by atoms with Crippen LogP contribution in [0.3, 0.4) is 0 Å². The highest BCUT2D eigenvalue weighted by Crippen LogP contribution is 2.36. The minimum atomic E-state index is -0.863. The number of carbonyl (C=O) groups is 2. The van der Waals surface area contributed by atoms with Crippen molar-refractivity contribution in [2.45, 2.75) is 31.1 Å². The van der Waals surface area contributed by atoms with Crippen molar-refractivity contribution in [2.75, 3.05) is 6.54 Å². The molecule has 1 saturated heterocycles. The Bertz CT molecular complexity index is 474. The highest BCUT2D eigenvalue weighted by molar-refractivity contribution is 5.77. The third-order valence-corrected chi connectivity index (χ3v) is 3.73. The molecule has 0 aromatic heterocycles. The SMILES string of the molecule is O=C(O)CCC1(c2ccc(F)cc2)CCC(=O)NC1. The number of carboxylic acids is 1. The first-order valence-corrected chi connectivity index (χ1v) is 6.26. The molecule has 0 radical (unpaired) electrons. The van der Waals surface area contributed by atoms with Crippen LogP contribution in [-0.4, -0.2) is 23.5 Å². The molecular weight excluding hydrogens is 249 g/mol. The van der Waals surface area contributed by atoms with Crippen LogP contribution in [0.15, 0.2) is 24.3 Å². The number of carboxylic acid groups (broad SMARTS) is 1. The van der Waals surface area contributed by atoms with Crippen LogP contribution in [0.25, 0.3) is 0 Å². The van der Waals surface area contributed by atoms with E-state index in [0.29, 0.717) is 25.8 Å². The maximum atomic E-state index is 13.0. The van der Waals surface area contributed by atoms with E-state index in [2.05, 4.69) is 5.32 Å². The van der Waals surface area contributed by atoms with Crippen LogP contribution in [0.2, 0.25) is 0 Å². The summed E-state index contributed by atoms with van der Waals surface area (Å²) in [6.07, 6.45) is 1.44. The van der Waals surface area contributed by atoms with Gasteiger partial charge in [0.2, 0.25) is 5.91 Å². The molecule has 1 fully saturated rings. The quantitative estimate of drug-likeness (QED) is 0.873. The molecule has 2 N–H and O–H groups in total. The number of nitrogens with one attached hydrogen (secondary N) is 1. The first-order chi connectivity index (χ1) is 9.02. The van der Waals surface area contributed by atoms with Crippen molar-refractivity contribution in [2.24, 2.45) is 0 Å². The average molecular weight is 265 g/mol. The highest BCUT2D eigenvalue weighted by atomic mass is 19.1. The van der Waals surface area contributed by atoms with Crippen molar-refractivity contribution in [3.8, 4) is 0 Å². The van der Waals surface area contributed by atoms with E-state index >= 15 is 0 Å². The normalized spacial score (nSPS) is 22.9. The summed E-state index contributed by atoms with van der Waals surface area (Å²) in [7, 11) is 0. The fourth-order valence-electron chi connectivity index (χ4n) is 2.55. The van der Waals surface area contributed by atoms with E-state index in [0.717, 1.165) is 5.56 Å². The van der Waals surface area contributed by atoms with E-state index < -0.39 is 11.4 Å². The van der Waals surface area contributed by atoms with Gasteiger partial charge in [-0.3, -0.25) is 9.59 Å². The van der Waals surface area contributed by atoms with Crippen molar-refractivity contribution < 1.29 is 19.1 Å². The fourth-order valence-corrected chi connectivity index (χ4v) is 2.55. The number of hydrogen-bond acceptors (Lipinski definition) is 2. The number of aliphatic carboxylic acids is 1. The fraction of sp³-hybridized carbons (Fsp3) is 0.429. The molecular formula is C14H16FNO3. The van der Waals surface area contributed by atoms with Crippen molar-refractivity contribution in [3.05, 3.63) is 35.6 Å². The van der Waals surface area contributed by atoms with Crippen LogP contribution < -0.4 is 5.32 Å². The zero-order chi connectivity index (χ0) is 13.9. The van der Waals surface area contributed by atoms with Crippen molar-refractivity contribution in [1.82, 2.24) is 5.32 Å². The lowest BCUT2D eigenvalue weighted by Crippen LogP contribution is -2.46. The molecule has 5 heteroatoms. The van der Waals surface area contributed by atoms with Crippen LogP contribution in [0.4, 0.5) is 4.39 Å². The van der Waals surface area contributed by atoms with Gasteiger partial charge < -0.3 is 10.4 Å². The maximum absolute atomic E-state index is 13.0. The Labute approximate surface area is 110 Å². The molecule has 1 amide bonds. The second-order valence-corrected chi connectivity index (χ2v) is 4.96. The third kappa shape index (κ3) is 3.10. The predicted molar refractivity (Wildman–Crippen MR) is 67.2 cm³/mol. The summed E-state index contributed by atoms with van der Waals surface area (Å²) in [5.41, 5.74) is 0.482. The molecule has 0 spiro atoms. The first kappa shape index (κ1) is 13.5. The summed E-state index contributed by atoms with van der Waals surface area (Å²) in [6.45, 7) is 0.407. The Balaban J connectivity index is 2.25. The van der Waals surface area contributed by atoms with E-state index in [1.54, 1.807) is 12.1 Å². The zero-order valence-corrected chi connectivity index (χ0v) is 10.5. The molecule has 1 heterocycles. The summed E-state index contributed by atoms with van der Waals surface area (Å²) >= 11 is 0. The van der Waals surface area contributed by atoms with E-state index in [-0.39, 0.29) is 18.1 Å². The van der Waals surface area contributed by atoms with Gasteiger partial charge in [-0.05, 0) is 30.5 Å². The van der Waals surface area contributed by atoms with Gasteiger partial charge in [-0.2, -0.15) is 0 Å². The second-order valence-electron chi connectivity index (χ2n) is 4.96. The smallest absolute Gasteiger partial charge is 0.303 e. The third-order valence-electron chi connectivity index (χ3n) is 3.73. The average Bonchev–Trinajstić information content (AvgIpc) is 2.39. The lowest BCUT2D eigenvalue weighted by molar-refractivity contribution is -0.137. The molecule has 2 rings (SSSR count). The van der Waals surface area contributed by atoms with Crippen molar-refractivity contribution in [1.29, 1.82) is 0 Å². The van der Waals surface area contributed by atoms with Gasteiger partial charge in [0.1, 0.15) is 5.82 Å². The standard InChI is InChI=1S/C14H16FNO3/c15-11-3-1-10(2-4-11)14(8-6-13(18)19)7-5-12(17)16-9-14/h1-4H,5-9H2,(H,16,17)(H,18,19). The first-order valence-electron chi connectivity index (χ1n) is 6.26. The van der Waals surface area contributed by atoms with Gasteiger partial charge in [0.15, 0.2) is 0 Å². The Hall–Kier alpha value is -1.91. The van der Waals surface area contributed by atoms with E-state index in [4.69, 9.17) is 5.11 Å². The van der Waals surface area contributed by atoms with E-state index in [1.807, 2.05) is 0 Å². The summed E-state index contributed by atoms with van der Waals surface area (Å²) < 4.78 is 13.0. The molecule has 102 valence electrons. The van der Waals surface area contributed by atoms with Crippen LogP contribution in [-0.2, 0) is 15.0 Å². The summed E-state index contributed by atoms with van der Waals surface area (Å²) in [5, 5.41) is 11.6. The summed E-state index contributed by atoms with van der Waals surface area (Å²) in [4.78, 5) is 22.1. The number of amides is 1. The lowest BCUT2D eigenvalue weighted by atomic mass is 9.71. The zero-order valence-electron chi connectivity index (χ0n) is 10.5. The molecule has 1 aromatic rings. The molecule has 1 aliphatic rings. The molecule has 1 aromatic carbocycles. The van der Waals surface area contributed by atoms with Gasteiger partial charge in [-0.25, -0.2) is 4.39 Å². The Kier molecular flexibility index (Phi) is 3.83. The topological polar surface area (TPSA) is 66.4 Å². The molecule has 0 bridgehead atoms. The minimum Gasteiger partial charge on any atom is -0.481 e. The van der Waals surface area contributed by atoms with E-state index in [9.17, 15) is 14.0 Å². The molecule has 4 nitrogen and oxygen atoms in total. The highest BCUT2D eigenvalue weighted by Gasteiger charge is 2.36. The Morgan fingerprint density at radius 3 is 2.58 bits per heavy atom. The van der Waals surface area contributed by atoms with Gasteiger partial charge in [-0.15, -0.1) is 0 Å². The number of piperidine rings is 1. The van der Waals surface area contributed by atoms with Crippen LogP contribution >= 0.6 is 0 Å². The van der Waals surface area contributed by atoms with Gasteiger partial charge in [0.05, 0.1) is 0 Å². The number of benzene rings is 1. The molecule has 1 aliphatic heterocycles. The van der Waals surface area contributed by atoms with E-state index in [1.165, 1.54) is 12.1 Å². The maximum Gasteiger partial charge on any atom is 0.303 e. The second kappa shape index (κ2) is 5.38. The summed E-state index contributed by atoms with van der Waals surface area (Å²) in [6, 6.07) is 6.09. The van der Waals surface area contributed by atoms with Crippen molar-refractivity contribution in [3.63, 3.8) is 0 Å².